The van der Waals surface area contributed by atoms with Crippen molar-refractivity contribution in [3.63, 3.8) is 0 Å². The predicted octanol–water partition coefficient (Wildman–Crippen LogP) is 3.68. The summed E-state index contributed by atoms with van der Waals surface area (Å²) in [6.07, 6.45) is 0. The van der Waals surface area contributed by atoms with Crippen LogP contribution in [0.5, 0.6) is 5.75 Å². The average molecular weight is 256 g/mol. The first-order valence-electron chi connectivity index (χ1n) is 6.02. The number of carbonyl (C=O) groups is 1. The van der Waals surface area contributed by atoms with Crippen LogP contribution in [0, 0.1) is 13.8 Å². The van der Waals surface area contributed by atoms with Gasteiger partial charge in [-0.15, -0.1) is 0 Å². The Balaban J connectivity index is 2.64. The van der Waals surface area contributed by atoms with Crippen LogP contribution in [-0.4, -0.2) is 18.2 Å². The van der Waals surface area contributed by atoms with Crippen LogP contribution >= 0.6 is 0 Å². The van der Waals surface area contributed by atoms with Gasteiger partial charge in [0.15, 0.2) is 0 Å². The molecule has 19 heavy (non-hydrogen) atoms. The van der Waals surface area contributed by atoms with Crippen molar-refractivity contribution in [3.05, 3.63) is 53.1 Å². The van der Waals surface area contributed by atoms with Gasteiger partial charge in [0.2, 0.25) is 0 Å². The van der Waals surface area contributed by atoms with Crippen LogP contribution < -0.4 is 4.74 Å². The first kappa shape index (κ1) is 13.1. The number of hydrogen-bond donors (Lipinski definition) is 1. The Bertz CT molecular complexity index is 630. The van der Waals surface area contributed by atoms with E-state index in [0.29, 0.717) is 11.3 Å². The smallest absolute Gasteiger partial charge is 0.336 e. The normalized spacial score (nSPS) is 10.3. The number of carboxylic acid groups (broad SMARTS) is 1. The second-order valence-electron chi connectivity index (χ2n) is 4.52. The summed E-state index contributed by atoms with van der Waals surface area (Å²) in [6.45, 7) is 4.04. The summed E-state index contributed by atoms with van der Waals surface area (Å²) in [6, 6.07) is 10.9. The number of aryl methyl sites for hydroxylation is 2. The molecule has 0 saturated carbocycles. The first-order valence-corrected chi connectivity index (χ1v) is 6.02. The maximum Gasteiger partial charge on any atom is 0.336 e. The lowest BCUT2D eigenvalue weighted by Gasteiger charge is -2.10. The molecule has 2 rings (SSSR count). The van der Waals surface area contributed by atoms with Crippen molar-refractivity contribution in [3.8, 4) is 16.9 Å². The summed E-state index contributed by atoms with van der Waals surface area (Å²) in [5.74, 6) is -0.283. The van der Waals surface area contributed by atoms with Gasteiger partial charge in [-0.3, -0.25) is 0 Å². The minimum Gasteiger partial charge on any atom is -0.497 e. The van der Waals surface area contributed by atoms with E-state index in [2.05, 4.69) is 0 Å². The molecule has 0 aliphatic carbocycles. The molecule has 2 aromatic carbocycles. The van der Waals surface area contributed by atoms with Gasteiger partial charge < -0.3 is 9.84 Å². The Morgan fingerprint density at radius 3 is 2.37 bits per heavy atom. The average Bonchev–Trinajstić information content (AvgIpc) is 2.41. The SMILES string of the molecule is COc1ccc(C(=O)O)c(-c2ccc(C)c(C)c2)c1. The van der Waals surface area contributed by atoms with Gasteiger partial charge >= 0.3 is 5.97 Å². The van der Waals surface area contributed by atoms with Crippen molar-refractivity contribution in [2.24, 2.45) is 0 Å². The van der Waals surface area contributed by atoms with Crippen molar-refractivity contribution in [1.29, 1.82) is 0 Å². The number of methoxy groups -OCH3 is 1. The molecule has 0 spiro atoms. The third-order valence-corrected chi connectivity index (χ3v) is 3.28. The molecule has 3 heteroatoms. The third-order valence-electron chi connectivity index (χ3n) is 3.28. The van der Waals surface area contributed by atoms with Crippen molar-refractivity contribution in [1.82, 2.24) is 0 Å². The molecule has 0 fully saturated rings. The fourth-order valence-electron chi connectivity index (χ4n) is 1.98. The van der Waals surface area contributed by atoms with Crippen LogP contribution in [0.25, 0.3) is 11.1 Å². The van der Waals surface area contributed by atoms with Gasteiger partial charge in [0.25, 0.3) is 0 Å². The van der Waals surface area contributed by atoms with Gasteiger partial charge in [-0.05, 0) is 54.3 Å². The van der Waals surface area contributed by atoms with Gasteiger partial charge in [0, 0.05) is 0 Å². The Kier molecular flexibility index (Phi) is 3.56. The van der Waals surface area contributed by atoms with E-state index in [4.69, 9.17) is 4.74 Å². The van der Waals surface area contributed by atoms with E-state index in [0.717, 1.165) is 11.1 Å². The predicted molar refractivity (Wildman–Crippen MR) is 74.9 cm³/mol. The maximum atomic E-state index is 11.3. The zero-order valence-electron chi connectivity index (χ0n) is 11.2. The highest BCUT2D eigenvalue weighted by molar-refractivity contribution is 5.96. The fourth-order valence-corrected chi connectivity index (χ4v) is 1.98. The third kappa shape index (κ3) is 2.60. The summed E-state index contributed by atoms with van der Waals surface area (Å²) < 4.78 is 5.17. The van der Waals surface area contributed by atoms with Gasteiger partial charge in [-0.2, -0.15) is 0 Å². The van der Waals surface area contributed by atoms with Crippen molar-refractivity contribution in [2.45, 2.75) is 13.8 Å². The highest BCUT2D eigenvalue weighted by Gasteiger charge is 2.13. The van der Waals surface area contributed by atoms with E-state index in [1.807, 2.05) is 32.0 Å². The highest BCUT2D eigenvalue weighted by Crippen LogP contribution is 2.29. The number of hydrogen-bond acceptors (Lipinski definition) is 2. The van der Waals surface area contributed by atoms with Crippen LogP contribution in [0.2, 0.25) is 0 Å². The molecule has 0 atom stereocenters. The zero-order valence-corrected chi connectivity index (χ0v) is 11.2. The van der Waals surface area contributed by atoms with Gasteiger partial charge in [-0.1, -0.05) is 18.2 Å². The minimum absolute atomic E-state index is 0.282. The summed E-state index contributed by atoms with van der Waals surface area (Å²) >= 11 is 0. The second kappa shape index (κ2) is 5.14. The summed E-state index contributed by atoms with van der Waals surface area (Å²) in [7, 11) is 1.57. The van der Waals surface area contributed by atoms with Gasteiger partial charge in [-0.25, -0.2) is 4.79 Å². The molecule has 0 aliphatic heterocycles. The lowest BCUT2D eigenvalue weighted by atomic mass is 9.96. The molecule has 0 aromatic heterocycles. The minimum atomic E-state index is -0.934. The van der Waals surface area contributed by atoms with E-state index < -0.39 is 5.97 Å². The molecule has 98 valence electrons. The van der Waals surface area contributed by atoms with E-state index in [9.17, 15) is 9.90 Å². The maximum absolute atomic E-state index is 11.3. The summed E-state index contributed by atoms with van der Waals surface area (Å²) in [5, 5.41) is 9.27. The molecular formula is C16H16O3. The molecule has 0 amide bonds. The van der Waals surface area contributed by atoms with Crippen LogP contribution in [-0.2, 0) is 0 Å². The molecular weight excluding hydrogens is 240 g/mol. The molecule has 0 aliphatic rings. The van der Waals surface area contributed by atoms with E-state index in [-0.39, 0.29) is 5.56 Å². The lowest BCUT2D eigenvalue weighted by Crippen LogP contribution is -2.00. The second-order valence-corrected chi connectivity index (χ2v) is 4.52. The first-order chi connectivity index (χ1) is 9.02. The molecule has 0 unspecified atom stereocenters. The largest absolute Gasteiger partial charge is 0.497 e. The lowest BCUT2D eigenvalue weighted by molar-refractivity contribution is 0.0697. The van der Waals surface area contributed by atoms with Gasteiger partial charge in [0.05, 0.1) is 12.7 Å². The highest BCUT2D eigenvalue weighted by atomic mass is 16.5. The summed E-state index contributed by atoms with van der Waals surface area (Å²) in [5.41, 5.74) is 4.17. The van der Waals surface area contributed by atoms with Crippen molar-refractivity contribution < 1.29 is 14.6 Å². The summed E-state index contributed by atoms with van der Waals surface area (Å²) in [4.78, 5) is 11.3. The molecule has 0 bridgehead atoms. The molecule has 2 aromatic rings. The Morgan fingerprint density at radius 1 is 1.05 bits per heavy atom. The Hall–Kier alpha value is -2.29. The standard InChI is InChI=1S/C16H16O3/c1-10-4-5-12(8-11(10)2)15-9-13(19-3)6-7-14(15)16(17)18/h4-9H,1-3H3,(H,17,18). The number of carboxylic acids is 1. The fraction of sp³-hybridized carbons (Fsp3) is 0.188. The number of rotatable bonds is 3. The monoisotopic (exact) mass is 256 g/mol. The van der Waals surface area contributed by atoms with E-state index >= 15 is 0 Å². The van der Waals surface area contributed by atoms with Crippen molar-refractivity contribution >= 4 is 5.97 Å². The number of benzene rings is 2. The Morgan fingerprint density at radius 2 is 1.79 bits per heavy atom. The molecule has 0 saturated heterocycles. The quantitative estimate of drug-likeness (QED) is 0.911. The number of ether oxygens (including phenoxy) is 1. The van der Waals surface area contributed by atoms with Crippen molar-refractivity contribution in [2.75, 3.05) is 7.11 Å². The topological polar surface area (TPSA) is 46.5 Å². The molecule has 3 nitrogen and oxygen atoms in total. The molecule has 0 radical (unpaired) electrons. The zero-order chi connectivity index (χ0) is 14.0. The van der Waals surface area contributed by atoms with E-state index in [1.54, 1.807) is 25.3 Å². The molecule has 1 N–H and O–H groups in total. The van der Waals surface area contributed by atoms with Crippen LogP contribution in [0.4, 0.5) is 0 Å². The van der Waals surface area contributed by atoms with Gasteiger partial charge in [0.1, 0.15) is 5.75 Å². The van der Waals surface area contributed by atoms with Crippen LogP contribution in [0.3, 0.4) is 0 Å². The molecule has 0 heterocycles. The van der Waals surface area contributed by atoms with Crippen LogP contribution in [0.15, 0.2) is 36.4 Å². The Labute approximate surface area is 112 Å². The van der Waals surface area contributed by atoms with Crippen LogP contribution in [0.1, 0.15) is 21.5 Å². The number of aromatic carboxylic acids is 1. The van der Waals surface area contributed by atoms with E-state index in [1.165, 1.54) is 5.56 Å².